The second-order valence-corrected chi connectivity index (χ2v) is 7.91. The monoisotopic (exact) mass is 414 g/mol. The van der Waals surface area contributed by atoms with Crippen LogP contribution < -0.4 is 4.74 Å². The van der Waals surface area contributed by atoms with E-state index in [-0.39, 0.29) is 0 Å². The molecular weight excluding hydrogens is 388 g/mol. The van der Waals surface area contributed by atoms with E-state index in [4.69, 9.17) is 9.84 Å². The van der Waals surface area contributed by atoms with Gasteiger partial charge in [0.05, 0.1) is 12.2 Å². The number of hydrogen-bond acceptors (Lipinski definition) is 6. The van der Waals surface area contributed by atoms with Crippen LogP contribution in [0.1, 0.15) is 30.0 Å². The van der Waals surface area contributed by atoms with Gasteiger partial charge in [-0.25, -0.2) is 14.6 Å². The molecule has 5 rings (SSSR count). The second-order valence-electron chi connectivity index (χ2n) is 7.91. The minimum atomic E-state index is 0.403. The molecule has 0 unspecified atom stereocenters. The van der Waals surface area contributed by atoms with Crippen molar-refractivity contribution in [3.8, 4) is 5.75 Å². The van der Waals surface area contributed by atoms with Gasteiger partial charge in [0.25, 0.3) is 0 Å². The van der Waals surface area contributed by atoms with E-state index in [1.807, 2.05) is 53.5 Å². The number of benzene rings is 1. The van der Waals surface area contributed by atoms with Crippen molar-refractivity contribution in [2.45, 2.75) is 31.8 Å². The number of nitrogens with zero attached hydrogens (tertiary/aromatic N) is 6. The van der Waals surface area contributed by atoms with Crippen molar-refractivity contribution < 1.29 is 4.74 Å². The van der Waals surface area contributed by atoms with Crippen LogP contribution in [0.25, 0.3) is 11.2 Å². The van der Waals surface area contributed by atoms with Crippen molar-refractivity contribution in [2.75, 3.05) is 19.7 Å². The van der Waals surface area contributed by atoms with E-state index in [2.05, 4.69) is 25.9 Å². The van der Waals surface area contributed by atoms with Crippen LogP contribution in [0.4, 0.5) is 0 Å². The van der Waals surface area contributed by atoms with Crippen molar-refractivity contribution in [3.05, 3.63) is 78.5 Å². The number of likely N-dealkylation sites (tertiary alicyclic amines) is 1. The third kappa shape index (κ3) is 4.56. The number of hydrogen-bond donors (Lipinski definition) is 0. The molecule has 3 aromatic heterocycles. The van der Waals surface area contributed by atoms with Crippen molar-refractivity contribution >= 4 is 11.2 Å². The standard InChI is InChI=1S/C24H26N6O/c1-2-6-21(7-3-1)31-16-15-30-24-23(26-11-12-27-24)22(28-30)20-8-13-29(14-9-20)18-19-5-4-10-25-17-19/h1-7,10-12,17,20H,8-9,13-16,18H2. The first-order valence-electron chi connectivity index (χ1n) is 10.8. The van der Waals surface area contributed by atoms with Crippen LogP contribution in [0.3, 0.4) is 0 Å². The van der Waals surface area contributed by atoms with E-state index in [0.29, 0.717) is 19.1 Å². The number of piperidine rings is 1. The van der Waals surface area contributed by atoms with Gasteiger partial charge in [0.1, 0.15) is 17.9 Å². The second kappa shape index (κ2) is 9.22. The molecule has 0 bridgehead atoms. The van der Waals surface area contributed by atoms with Crippen LogP contribution in [0.2, 0.25) is 0 Å². The number of fused-ring (bicyclic) bond motifs is 1. The number of aromatic nitrogens is 5. The van der Waals surface area contributed by atoms with Crippen LogP contribution in [0.5, 0.6) is 5.75 Å². The predicted octanol–water partition coefficient (Wildman–Crippen LogP) is 3.68. The highest BCUT2D eigenvalue weighted by atomic mass is 16.5. The molecule has 7 nitrogen and oxygen atoms in total. The number of rotatable bonds is 7. The van der Waals surface area contributed by atoms with Gasteiger partial charge in [-0.1, -0.05) is 24.3 Å². The summed E-state index contributed by atoms with van der Waals surface area (Å²) in [6, 6.07) is 14.0. The molecule has 1 aliphatic rings. The topological polar surface area (TPSA) is 69.0 Å². The maximum Gasteiger partial charge on any atom is 0.177 e. The summed E-state index contributed by atoms with van der Waals surface area (Å²) in [5.74, 6) is 1.27. The summed E-state index contributed by atoms with van der Waals surface area (Å²) in [7, 11) is 0. The summed E-state index contributed by atoms with van der Waals surface area (Å²) in [6.07, 6.45) is 9.42. The van der Waals surface area contributed by atoms with Crippen LogP contribution >= 0.6 is 0 Å². The summed E-state index contributed by atoms with van der Waals surface area (Å²) in [6.45, 7) is 4.23. The number of ether oxygens (including phenoxy) is 1. The van der Waals surface area contributed by atoms with E-state index in [1.165, 1.54) is 5.56 Å². The van der Waals surface area contributed by atoms with E-state index in [9.17, 15) is 0 Å². The van der Waals surface area contributed by atoms with Crippen molar-refractivity contribution in [1.82, 2.24) is 29.6 Å². The molecule has 1 fully saturated rings. The molecule has 4 aromatic rings. The van der Waals surface area contributed by atoms with E-state index in [1.54, 1.807) is 12.4 Å². The Kier molecular flexibility index (Phi) is 5.84. The molecule has 31 heavy (non-hydrogen) atoms. The first-order chi connectivity index (χ1) is 15.4. The highest BCUT2D eigenvalue weighted by molar-refractivity contribution is 5.73. The van der Waals surface area contributed by atoms with E-state index in [0.717, 1.165) is 55.1 Å². The summed E-state index contributed by atoms with van der Waals surface area (Å²) in [5, 5.41) is 4.94. The average Bonchev–Trinajstić information content (AvgIpc) is 3.20. The third-order valence-electron chi connectivity index (χ3n) is 5.81. The Morgan fingerprint density at radius 3 is 2.58 bits per heavy atom. The lowest BCUT2D eigenvalue weighted by atomic mass is 9.93. The minimum Gasteiger partial charge on any atom is -0.492 e. The molecule has 1 aromatic carbocycles. The number of para-hydroxylation sites is 1. The van der Waals surface area contributed by atoms with Gasteiger partial charge in [0, 0.05) is 37.3 Å². The highest BCUT2D eigenvalue weighted by Gasteiger charge is 2.26. The SMILES string of the molecule is c1ccc(OCCn2nc(C3CCN(Cc4cccnc4)CC3)c3nccnc32)cc1. The van der Waals surface area contributed by atoms with Crippen LogP contribution in [-0.2, 0) is 13.1 Å². The van der Waals surface area contributed by atoms with E-state index >= 15 is 0 Å². The summed E-state index contributed by atoms with van der Waals surface area (Å²) in [5.41, 5.74) is 4.10. The van der Waals surface area contributed by atoms with Gasteiger partial charge in [-0.3, -0.25) is 9.88 Å². The lowest BCUT2D eigenvalue weighted by molar-refractivity contribution is 0.203. The van der Waals surface area contributed by atoms with Crippen LogP contribution in [0, 0.1) is 0 Å². The third-order valence-corrected chi connectivity index (χ3v) is 5.81. The molecule has 0 saturated carbocycles. The average molecular weight is 415 g/mol. The maximum absolute atomic E-state index is 5.86. The normalized spacial score (nSPS) is 15.4. The van der Waals surface area contributed by atoms with Gasteiger partial charge in [0.2, 0.25) is 0 Å². The molecule has 0 aliphatic carbocycles. The van der Waals surface area contributed by atoms with Gasteiger partial charge < -0.3 is 4.74 Å². The minimum absolute atomic E-state index is 0.403. The molecular formula is C24H26N6O. The Balaban J connectivity index is 1.26. The molecule has 4 heterocycles. The van der Waals surface area contributed by atoms with Gasteiger partial charge in [-0.15, -0.1) is 0 Å². The molecule has 1 saturated heterocycles. The first kappa shape index (κ1) is 19.6. The lowest BCUT2D eigenvalue weighted by Crippen LogP contribution is -2.32. The summed E-state index contributed by atoms with van der Waals surface area (Å²) in [4.78, 5) is 15.9. The lowest BCUT2D eigenvalue weighted by Gasteiger charge is -2.31. The molecule has 158 valence electrons. The molecule has 0 N–H and O–H groups in total. The number of pyridine rings is 1. The van der Waals surface area contributed by atoms with Crippen molar-refractivity contribution in [2.24, 2.45) is 0 Å². The Bertz CT molecular complexity index is 1110. The zero-order valence-corrected chi connectivity index (χ0v) is 17.5. The Morgan fingerprint density at radius 2 is 1.77 bits per heavy atom. The van der Waals surface area contributed by atoms with Crippen molar-refractivity contribution in [3.63, 3.8) is 0 Å². The fraction of sp³-hybridized carbons (Fsp3) is 0.333. The molecule has 0 amide bonds. The van der Waals surface area contributed by atoms with Gasteiger partial charge in [0.15, 0.2) is 5.65 Å². The van der Waals surface area contributed by atoms with Gasteiger partial charge in [-0.05, 0) is 49.7 Å². The van der Waals surface area contributed by atoms with Crippen LogP contribution in [-0.4, -0.2) is 49.3 Å². The highest BCUT2D eigenvalue weighted by Crippen LogP contribution is 2.31. The zero-order chi connectivity index (χ0) is 20.9. The Hall–Kier alpha value is -3.32. The van der Waals surface area contributed by atoms with Crippen molar-refractivity contribution in [1.29, 1.82) is 0 Å². The maximum atomic E-state index is 5.86. The summed E-state index contributed by atoms with van der Waals surface area (Å²) >= 11 is 0. The van der Waals surface area contributed by atoms with E-state index < -0.39 is 0 Å². The largest absolute Gasteiger partial charge is 0.492 e. The smallest absolute Gasteiger partial charge is 0.177 e. The Labute approximate surface area is 181 Å². The molecule has 7 heteroatoms. The fourth-order valence-corrected chi connectivity index (χ4v) is 4.24. The summed E-state index contributed by atoms with van der Waals surface area (Å²) < 4.78 is 7.81. The molecule has 1 aliphatic heterocycles. The van der Waals surface area contributed by atoms with Gasteiger partial charge >= 0.3 is 0 Å². The van der Waals surface area contributed by atoms with Gasteiger partial charge in [-0.2, -0.15) is 5.10 Å². The molecule has 0 radical (unpaired) electrons. The molecule has 0 spiro atoms. The quantitative estimate of drug-likeness (QED) is 0.460. The predicted molar refractivity (Wildman–Crippen MR) is 119 cm³/mol. The fourth-order valence-electron chi connectivity index (χ4n) is 4.24. The molecule has 0 atom stereocenters. The zero-order valence-electron chi connectivity index (χ0n) is 17.5. The Morgan fingerprint density at radius 1 is 0.935 bits per heavy atom. The van der Waals surface area contributed by atoms with Crippen LogP contribution in [0.15, 0.2) is 67.3 Å². The first-order valence-corrected chi connectivity index (χ1v) is 10.8.